The summed E-state index contributed by atoms with van der Waals surface area (Å²) in [5.41, 5.74) is 0.976. The van der Waals surface area contributed by atoms with Crippen molar-refractivity contribution < 1.29 is 14.3 Å². The first-order valence-corrected chi connectivity index (χ1v) is 8.94. The van der Waals surface area contributed by atoms with Crippen molar-refractivity contribution in [3.8, 4) is 0 Å². The topological polar surface area (TPSA) is 64.6 Å². The number of ether oxygens (including phenoxy) is 2. The number of carbonyl (C=O) groups excluding carboxylic acids is 1. The van der Waals surface area contributed by atoms with Crippen LogP contribution in [0, 0.1) is 5.41 Å². The van der Waals surface area contributed by atoms with Crippen LogP contribution in [-0.2, 0) is 20.7 Å². The zero-order chi connectivity index (χ0) is 16.8. The lowest BCUT2D eigenvalue weighted by molar-refractivity contribution is -0.164. The van der Waals surface area contributed by atoms with Crippen LogP contribution in [0.15, 0.2) is 18.7 Å². The molecule has 2 saturated heterocycles. The number of hydrogen-bond acceptors (Lipinski definition) is 5. The van der Waals surface area contributed by atoms with E-state index in [1.54, 1.807) is 12.4 Å². The summed E-state index contributed by atoms with van der Waals surface area (Å²) in [6, 6.07) is 0. The van der Waals surface area contributed by atoms with Crippen molar-refractivity contribution in [2.75, 3.05) is 32.9 Å². The third-order valence-corrected chi connectivity index (χ3v) is 5.18. The predicted molar refractivity (Wildman–Crippen MR) is 89.5 cm³/mol. The van der Waals surface area contributed by atoms with Gasteiger partial charge in [-0.2, -0.15) is 0 Å². The maximum absolute atomic E-state index is 12.7. The van der Waals surface area contributed by atoms with Gasteiger partial charge in [-0.25, -0.2) is 9.97 Å². The lowest BCUT2D eigenvalue weighted by Gasteiger charge is -2.50. The highest BCUT2D eigenvalue weighted by Crippen LogP contribution is 2.40. The summed E-state index contributed by atoms with van der Waals surface area (Å²) in [6.07, 6.45) is 9.52. The van der Waals surface area contributed by atoms with E-state index in [0.29, 0.717) is 26.1 Å². The zero-order valence-electron chi connectivity index (χ0n) is 14.4. The average molecular weight is 333 g/mol. The number of aryl methyl sites for hydroxylation is 1. The molecule has 2 aliphatic heterocycles. The second kappa shape index (κ2) is 8.03. The molecule has 0 N–H and O–H groups in total. The van der Waals surface area contributed by atoms with Crippen molar-refractivity contribution in [3.63, 3.8) is 0 Å². The van der Waals surface area contributed by atoms with Crippen molar-refractivity contribution in [1.82, 2.24) is 14.9 Å². The smallest absolute Gasteiger partial charge is 0.222 e. The monoisotopic (exact) mass is 333 g/mol. The highest BCUT2D eigenvalue weighted by atomic mass is 16.5. The van der Waals surface area contributed by atoms with Crippen molar-refractivity contribution in [3.05, 3.63) is 24.3 Å². The van der Waals surface area contributed by atoms with E-state index < -0.39 is 0 Å². The Balaban J connectivity index is 1.60. The van der Waals surface area contributed by atoms with Crippen LogP contribution in [-0.4, -0.2) is 59.8 Å². The molecule has 2 atom stereocenters. The van der Waals surface area contributed by atoms with Gasteiger partial charge in [-0.3, -0.25) is 4.79 Å². The first-order chi connectivity index (χ1) is 11.7. The van der Waals surface area contributed by atoms with E-state index in [2.05, 4.69) is 9.97 Å². The molecule has 6 nitrogen and oxygen atoms in total. The Hall–Kier alpha value is -1.53. The Morgan fingerprint density at radius 3 is 3.08 bits per heavy atom. The van der Waals surface area contributed by atoms with Gasteiger partial charge in [-0.15, -0.1) is 0 Å². The lowest BCUT2D eigenvalue weighted by Crippen LogP contribution is -2.58. The Morgan fingerprint density at radius 2 is 2.29 bits per heavy atom. The molecule has 132 valence electrons. The molecule has 3 rings (SSSR count). The summed E-state index contributed by atoms with van der Waals surface area (Å²) in [7, 11) is 0. The molecule has 6 heteroatoms. The molecule has 2 unspecified atom stereocenters. The normalized spacial score (nSPS) is 26.9. The number of nitrogens with zero attached hydrogens (tertiary/aromatic N) is 3. The molecule has 1 amide bonds. The second-order valence-electron chi connectivity index (χ2n) is 6.81. The maximum atomic E-state index is 12.7. The Bertz CT molecular complexity index is 540. The van der Waals surface area contributed by atoms with E-state index in [4.69, 9.17) is 9.47 Å². The molecule has 3 heterocycles. The molecule has 2 aliphatic rings. The molecule has 2 fully saturated rings. The summed E-state index contributed by atoms with van der Waals surface area (Å²) >= 11 is 0. The van der Waals surface area contributed by atoms with Gasteiger partial charge in [-0.05, 0) is 38.2 Å². The van der Waals surface area contributed by atoms with Crippen molar-refractivity contribution >= 4 is 5.91 Å². The Morgan fingerprint density at radius 1 is 1.46 bits per heavy atom. The van der Waals surface area contributed by atoms with Gasteiger partial charge < -0.3 is 14.4 Å². The van der Waals surface area contributed by atoms with Gasteiger partial charge >= 0.3 is 0 Å². The molecule has 0 radical (unpaired) electrons. The summed E-state index contributed by atoms with van der Waals surface area (Å²) in [4.78, 5) is 22.7. The minimum absolute atomic E-state index is 0.0297. The van der Waals surface area contributed by atoms with Crippen LogP contribution in [0.3, 0.4) is 0 Å². The third-order valence-electron chi connectivity index (χ3n) is 5.18. The van der Waals surface area contributed by atoms with Crippen LogP contribution in [0.2, 0.25) is 0 Å². The highest BCUT2D eigenvalue weighted by molar-refractivity contribution is 5.76. The number of rotatable bonds is 6. The largest absolute Gasteiger partial charge is 0.381 e. The van der Waals surface area contributed by atoms with Crippen LogP contribution in [0.25, 0.3) is 0 Å². The van der Waals surface area contributed by atoms with Gasteiger partial charge in [0.2, 0.25) is 5.91 Å². The number of amides is 1. The van der Waals surface area contributed by atoms with Gasteiger partial charge in [0, 0.05) is 50.5 Å². The number of carbonyl (C=O) groups is 1. The summed E-state index contributed by atoms with van der Waals surface area (Å²) in [5, 5.41) is 0. The van der Waals surface area contributed by atoms with Crippen LogP contribution in [0.5, 0.6) is 0 Å². The summed E-state index contributed by atoms with van der Waals surface area (Å²) in [6.45, 7) is 5.77. The number of aromatic nitrogens is 2. The van der Waals surface area contributed by atoms with Gasteiger partial charge in [0.05, 0.1) is 12.7 Å². The third kappa shape index (κ3) is 3.92. The van der Waals surface area contributed by atoms with E-state index in [0.717, 1.165) is 44.5 Å². The number of fused-ring (bicyclic) bond motifs is 1. The van der Waals surface area contributed by atoms with Crippen molar-refractivity contribution in [1.29, 1.82) is 0 Å². The molecule has 0 spiro atoms. The quantitative estimate of drug-likeness (QED) is 0.795. The molecule has 1 aromatic rings. The molecule has 24 heavy (non-hydrogen) atoms. The first kappa shape index (κ1) is 17.3. The minimum atomic E-state index is -0.0297. The standard InChI is InChI=1S/C18H27N3O3/c1-2-23-13-18-7-3-9-24-16(18)6-8-21(12-18)17(22)5-4-15-10-19-14-20-11-15/h10-11,14,16H,2-9,12-13H2,1H3. The fraction of sp³-hybridized carbons (Fsp3) is 0.722. The van der Waals surface area contributed by atoms with Crippen LogP contribution < -0.4 is 0 Å². The second-order valence-corrected chi connectivity index (χ2v) is 6.81. The van der Waals surface area contributed by atoms with E-state index >= 15 is 0 Å². The van der Waals surface area contributed by atoms with Gasteiger partial charge in [-0.1, -0.05) is 0 Å². The van der Waals surface area contributed by atoms with Gasteiger partial charge in [0.25, 0.3) is 0 Å². The maximum Gasteiger partial charge on any atom is 0.222 e. The van der Waals surface area contributed by atoms with Gasteiger partial charge in [0.15, 0.2) is 0 Å². The highest BCUT2D eigenvalue weighted by Gasteiger charge is 2.46. The zero-order valence-corrected chi connectivity index (χ0v) is 14.4. The molecule has 0 aromatic carbocycles. The van der Waals surface area contributed by atoms with Gasteiger partial charge in [0.1, 0.15) is 6.33 Å². The number of likely N-dealkylation sites (tertiary alicyclic amines) is 1. The molecule has 0 bridgehead atoms. The summed E-state index contributed by atoms with van der Waals surface area (Å²) in [5.74, 6) is 0.207. The lowest BCUT2D eigenvalue weighted by atomic mass is 9.73. The Labute approximate surface area is 143 Å². The predicted octanol–water partition coefficient (Wildman–Crippen LogP) is 1.84. The molecule has 0 aliphatic carbocycles. The molecule has 1 aromatic heterocycles. The van der Waals surface area contributed by atoms with Crippen LogP contribution in [0.1, 0.15) is 38.2 Å². The fourth-order valence-corrected chi connectivity index (χ4v) is 3.89. The van der Waals surface area contributed by atoms with Crippen molar-refractivity contribution in [2.24, 2.45) is 5.41 Å². The first-order valence-electron chi connectivity index (χ1n) is 8.94. The minimum Gasteiger partial charge on any atom is -0.381 e. The molecular formula is C18H27N3O3. The van der Waals surface area contributed by atoms with E-state index in [1.165, 1.54) is 6.33 Å². The summed E-state index contributed by atoms with van der Waals surface area (Å²) < 4.78 is 11.8. The van der Waals surface area contributed by atoms with Crippen LogP contribution in [0.4, 0.5) is 0 Å². The molecular weight excluding hydrogens is 306 g/mol. The van der Waals surface area contributed by atoms with E-state index in [-0.39, 0.29) is 17.4 Å². The average Bonchev–Trinajstić information content (AvgIpc) is 2.65. The number of piperidine rings is 1. The van der Waals surface area contributed by atoms with E-state index in [1.807, 2.05) is 11.8 Å². The van der Waals surface area contributed by atoms with Crippen molar-refractivity contribution in [2.45, 2.75) is 45.1 Å². The Kier molecular flexibility index (Phi) is 5.79. The molecule has 0 saturated carbocycles. The number of hydrogen-bond donors (Lipinski definition) is 0. The SMILES string of the molecule is CCOCC12CCCOC1CCN(C(=O)CCc1cncnc1)C2. The van der Waals surface area contributed by atoms with Crippen LogP contribution >= 0.6 is 0 Å². The van der Waals surface area contributed by atoms with E-state index in [9.17, 15) is 4.79 Å². The fourth-order valence-electron chi connectivity index (χ4n) is 3.89.